The van der Waals surface area contributed by atoms with Crippen molar-refractivity contribution in [2.24, 2.45) is 11.8 Å². The quantitative estimate of drug-likeness (QED) is 0.571. The molecule has 0 aromatic heterocycles. The zero-order valence-corrected chi connectivity index (χ0v) is 7.16. The van der Waals surface area contributed by atoms with E-state index in [1.807, 2.05) is 13.8 Å². The molecule has 0 aromatic rings. The van der Waals surface area contributed by atoms with Crippen molar-refractivity contribution >= 4 is 5.97 Å². The van der Waals surface area contributed by atoms with Crippen LogP contribution in [-0.4, -0.2) is 25.8 Å². The van der Waals surface area contributed by atoms with Crippen LogP contribution in [0.25, 0.3) is 0 Å². The Balaban J connectivity index is 2.41. The number of carbonyl (C=O) groups excluding carboxylic acids is 1. The molecule has 0 amide bonds. The summed E-state index contributed by atoms with van der Waals surface area (Å²) < 4.78 is 9.79. The normalized spacial score (nSPS) is 30.0. The number of rotatable bonds is 3. The molecule has 1 fully saturated rings. The van der Waals surface area contributed by atoms with Gasteiger partial charge in [0.25, 0.3) is 0 Å². The zero-order chi connectivity index (χ0) is 8.43. The van der Waals surface area contributed by atoms with Crippen LogP contribution in [0.5, 0.6) is 0 Å². The van der Waals surface area contributed by atoms with E-state index in [1.54, 1.807) is 7.11 Å². The van der Waals surface area contributed by atoms with E-state index in [-0.39, 0.29) is 18.0 Å². The molecule has 64 valence electrons. The predicted molar refractivity (Wildman–Crippen MR) is 40.1 cm³/mol. The van der Waals surface area contributed by atoms with E-state index in [1.165, 1.54) is 0 Å². The summed E-state index contributed by atoms with van der Waals surface area (Å²) >= 11 is 0. The van der Waals surface area contributed by atoms with Gasteiger partial charge in [-0.15, -0.1) is 0 Å². The van der Waals surface area contributed by atoms with Gasteiger partial charge in [0.05, 0.1) is 12.5 Å². The van der Waals surface area contributed by atoms with E-state index in [0.717, 1.165) is 0 Å². The van der Waals surface area contributed by atoms with E-state index < -0.39 is 0 Å². The summed E-state index contributed by atoms with van der Waals surface area (Å²) in [5.74, 6) is 0.327. The lowest BCUT2D eigenvalue weighted by atomic mass is 9.86. The van der Waals surface area contributed by atoms with Gasteiger partial charge in [0.2, 0.25) is 0 Å². The third-order valence-corrected chi connectivity index (χ3v) is 1.99. The molecule has 3 nitrogen and oxygen atoms in total. The Labute approximate surface area is 66.7 Å². The van der Waals surface area contributed by atoms with E-state index >= 15 is 0 Å². The molecule has 0 radical (unpaired) electrons. The van der Waals surface area contributed by atoms with Crippen LogP contribution >= 0.6 is 0 Å². The summed E-state index contributed by atoms with van der Waals surface area (Å²) in [5.41, 5.74) is 0. The maximum absolute atomic E-state index is 10.9. The lowest BCUT2D eigenvalue weighted by molar-refractivity contribution is -0.195. The SMILES string of the molecule is COC[C@H]1OC(=O)[C@H]1C(C)C. The molecule has 0 bridgehead atoms. The first-order chi connectivity index (χ1) is 5.16. The highest BCUT2D eigenvalue weighted by Gasteiger charge is 2.44. The molecular formula is C8H14O3. The second kappa shape index (κ2) is 3.22. The Hall–Kier alpha value is -0.570. The number of esters is 1. The number of methoxy groups -OCH3 is 1. The molecular weight excluding hydrogens is 144 g/mol. The van der Waals surface area contributed by atoms with Crippen LogP contribution in [0.15, 0.2) is 0 Å². The highest BCUT2D eigenvalue weighted by Crippen LogP contribution is 2.29. The van der Waals surface area contributed by atoms with E-state index in [0.29, 0.717) is 12.5 Å². The maximum Gasteiger partial charge on any atom is 0.313 e. The van der Waals surface area contributed by atoms with E-state index in [4.69, 9.17) is 9.47 Å². The largest absolute Gasteiger partial charge is 0.459 e. The summed E-state index contributed by atoms with van der Waals surface area (Å²) in [6.07, 6.45) is -0.00694. The van der Waals surface area contributed by atoms with Gasteiger partial charge in [0, 0.05) is 7.11 Å². The van der Waals surface area contributed by atoms with Crippen LogP contribution in [0.4, 0.5) is 0 Å². The Morgan fingerprint density at radius 2 is 2.27 bits per heavy atom. The molecule has 0 unspecified atom stereocenters. The van der Waals surface area contributed by atoms with Crippen molar-refractivity contribution in [3.05, 3.63) is 0 Å². The Morgan fingerprint density at radius 3 is 2.64 bits per heavy atom. The van der Waals surface area contributed by atoms with Crippen LogP contribution in [0.2, 0.25) is 0 Å². The summed E-state index contributed by atoms with van der Waals surface area (Å²) in [6, 6.07) is 0. The second-order valence-electron chi connectivity index (χ2n) is 3.20. The van der Waals surface area contributed by atoms with Crippen LogP contribution in [0, 0.1) is 11.8 Å². The van der Waals surface area contributed by atoms with Gasteiger partial charge in [-0.25, -0.2) is 0 Å². The number of carbonyl (C=O) groups is 1. The maximum atomic E-state index is 10.9. The molecule has 0 saturated carbocycles. The zero-order valence-electron chi connectivity index (χ0n) is 7.16. The smallest absolute Gasteiger partial charge is 0.313 e. The standard InChI is InChI=1S/C8H14O3/c1-5(2)7-6(4-10-3)11-8(7)9/h5-7H,4H2,1-3H3/t6-,7+/m1/s1. The minimum Gasteiger partial charge on any atom is -0.459 e. The van der Waals surface area contributed by atoms with Crippen molar-refractivity contribution in [1.29, 1.82) is 0 Å². The van der Waals surface area contributed by atoms with Crippen molar-refractivity contribution in [2.45, 2.75) is 20.0 Å². The Kier molecular flexibility index (Phi) is 2.49. The number of hydrogen-bond acceptors (Lipinski definition) is 3. The number of cyclic esters (lactones) is 1. The average Bonchev–Trinajstić information content (AvgIpc) is 1.85. The molecule has 1 aliphatic heterocycles. The topological polar surface area (TPSA) is 35.5 Å². The lowest BCUT2D eigenvalue weighted by Crippen LogP contribution is -2.50. The predicted octanol–water partition coefficient (Wildman–Crippen LogP) is 0.830. The van der Waals surface area contributed by atoms with Crippen LogP contribution in [-0.2, 0) is 14.3 Å². The fraction of sp³-hybridized carbons (Fsp3) is 0.875. The first kappa shape index (κ1) is 8.53. The Bertz CT molecular complexity index is 153. The van der Waals surface area contributed by atoms with E-state index in [2.05, 4.69) is 0 Å². The molecule has 1 saturated heterocycles. The van der Waals surface area contributed by atoms with Gasteiger partial charge in [0.1, 0.15) is 6.10 Å². The highest BCUT2D eigenvalue weighted by molar-refractivity contribution is 5.78. The van der Waals surface area contributed by atoms with Gasteiger partial charge in [-0.2, -0.15) is 0 Å². The van der Waals surface area contributed by atoms with Gasteiger partial charge < -0.3 is 9.47 Å². The van der Waals surface area contributed by atoms with Gasteiger partial charge in [-0.1, -0.05) is 13.8 Å². The summed E-state index contributed by atoms with van der Waals surface area (Å²) in [5, 5.41) is 0. The minimum absolute atomic E-state index is 0.00694. The summed E-state index contributed by atoms with van der Waals surface area (Å²) in [7, 11) is 1.61. The van der Waals surface area contributed by atoms with Gasteiger partial charge in [0.15, 0.2) is 0 Å². The molecule has 0 aliphatic carbocycles. The molecule has 2 atom stereocenters. The summed E-state index contributed by atoms with van der Waals surface area (Å²) in [6.45, 7) is 4.57. The highest BCUT2D eigenvalue weighted by atomic mass is 16.6. The van der Waals surface area contributed by atoms with Crippen LogP contribution < -0.4 is 0 Å². The van der Waals surface area contributed by atoms with Crippen molar-refractivity contribution in [3.8, 4) is 0 Å². The van der Waals surface area contributed by atoms with Gasteiger partial charge in [-0.05, 0) is 5.92 Å². The molecule has 1 heterocycles. The molecule has 0 aromatic carbocycles. The van der Waals surface area contributed by atoms with Crippen LogP contribution in [0.3, 0.4) is 0 Å². The number of ether oxygens (including phenoxy) is 2. The average molecular weight is 158 g/mol. The monoisotopic (exact) mass is 158 g/mol. The Morgan fingerprint density at radius 1 is 1.64 bits per heavy atom. The lowest BCUT2D eigenvalue weighted by Gasteiger charge is -2.36. The van der Waals surface area contributed by atoms with Crippen LogP contribution in [0.1, 0.15) is 13.8 Å². The molecule has 11 heavy (non-hydrogen) atoms. The van der Waals surface area contributed by atoms with Gasteiger partial charge >= 0.3 is 5.97 Å². The van der Waals surface area contributed by atoms with Crippen molar-refractivity contribution in [2.75, 3.05) is 13.7 Å². The van der Waals surface area contributed by atoms with E-state index in [9.17, 15) is 4.79 Å². The van der Waals surface area contributed by atoms with Gasteiger partial charge in [-0.3, -0.25) is 4.79 Å². The van der Waals surface area contributed by atoms with Crippen molar-refractivity contribution in [1.82, 2.24) is 0 Å². The third-order valence-electron chi connectivity index (χ3n) is 1.99. The molecule has 0 spiro atoms. The van der Waals surface area contributed by atoms with Crippen molar-refractivity contribution < 1.29 is 14.3 Å². The fourth-order valence-electron chi connectivity index (χ4n) is 1.38. The number of hydrogen-bond donors (Lipinski definition) is 0. The van der Waals surface area contributed by atoms with Crippen molar-refractivity contribution in [3.63, 3.8) is 0 Å². The first-order valence-electron chi connectivity index (χ1n) is 3.86. The third kappa shape index (κ3) is 1.53. The second-order valence-corrected chi connectivity index (χ2v) is 3.20. The molecule has 0 N–H and O–H groups in total. The first-order valence-corrected chi connectivity index (χ1v) is 3.86. The fourth-order valence-corrected chi connectivity index (χ4v) is 1.38. The molecule has 3 heteroatoms. The minimum atomic E-state index is -0.0814. The molecule has 1 rings (SSSR count). The molecule has 1 aliphatic rings. The summed E-state index contributed by atoms with van der Waals surface area (Å²) in [4.78, 5) is 10.9.